The molecule has 118 valence electrons. The summed E-state index contributed by atoms with van der Waals surface area (Å²) in [6.07, 6.45) is 1.87. The monoisotopic (exact) mass is 306 g/mol. The van der Waals surface area contributed by atoms with Crippen LogP contribution in [0.15, 0.2) is 12.7 Å². The van der Waals surface area contributed by atoms with Gasteiger partial charge in [-0.2, -0.15) is 0 Å². The van der Waals surface area contributed by atoms with Gasteiger partial charge < -0.3 is 25.7 Å². The van der Waals surface area contributed by atoms with Crippen LogP contribution in [0, 0.1) is 0 Å². The second-order valence-electron chi connectivity index (χ2n) is 5.95. The Kier molecular flexibility index (Phi) is 2.89. The number of nitrogens with two attached hydrogens (primary N) is 2. The largest absolute Gasteiger partial charge is 0.382 e. The Bertz CT molecular complexity index is 717. The molecule has 9 heteroatoms. The first kappa shape index (κ1) is 13.8. The molecule has 0 radical (unpaired) electrons. The third-order valence-electron chi connectivity index (χ3n) is 4.02. The van der Waals surface area contributed by atoms with Crippen molar-refractivity contribution in [3.8, 4) is 0 Å². The van der Waals surface area contributed by atoms with Crippen LogP contribution in [0.25, 0.3) is 11.2 Å². The van der Waals surface area contributed by atoms with Gasteiger partial charge in [-0.15, -0.1) is 0 Å². The Hall–Kier alpha value is -1.81. The summed E-state index contributed by atoms with van der Waals surface area (Å²) in [6.45, 7) is 4.10. The van der Waals surface area contributed by atoms with Crippen molar-refractivity contribution in [1.82, 2.24) is 19.5 Å². The zero-order valence-corrected chi connectivity index (χ0v) is 12.3. The minimum absolute atomic E-state index is 0.221. The summed E-state index contributed by atoms with van der Waals surface area (Å²) in [7, 11) is 0. The molecule has 9 nitrogen and oxygen atoms in total. The lowest BCUT2D eigenvalue weighted by Crippen LogP contribution is -2.34. The van der Waals surface area contributed by atoms with Crippen LogP contribution in [0.5, 0.6) is 0 Å². The molecule has 0 aliphatic carbocycles. The van der Waals surface area contributed by atoms with Crippen LogP contribution in [0.1, 0.15) is 20.1 Å². The van der Waals surface area contributed by atoms with Crippen LogP contribution >= 0.6 is 0 Å². The van der Waals surface area contributed by atoms with E-state index in [0.29, 0.717) is 23.5 Å². The van der Waals surface area contributed by atoms with Gasteiger partial charge in [0.1, 0.15) is 30.2 Å². The summed E-state index contributed by atoms with van der Waals surface area (Å²) in [5, 5.41) is 0. The van der Waals surface area contributed by atoms with E-state index >= 15 is 0 Å². The van der Waals surface area contributed by atoms with E-state index in [0.717, 1.165) is 0 Å². The van der Waals surface area contributed by atoms with Crippen LogP contribution in [0.4, 0.5) is 5.82 Å². The van der Waals surface area contributed by atoms with Gasteiger partial charge in [-0.1, -0.05) is 0 Å². The number of imidazole rings is 1. The van der Waals surface area contributed by atoms with Gasteiger partial charge in [0.25, 0.3) is 0 Å². The highest BCUT2D eigenvalue weighted by molar-refractivity contribution is 5.81. The van der Waals surface area contributed by atoms with Gasteiger partial charge in [0.2, 0.25) is 0 Å². The average molecular weight is 306 g/mol. The first-order valence-electron chi connectivity index (χ1n) is 7.14. The minimum Gasteiger partial charge on any atom is -0.382 e. The number of rotatable bonds is 2. The molecule has 2 aliphatic heterocycles. The molecule has 4 heterocycles. The third kappa shape index (κ3) is 1.90. The average Bonchev–Trinajstić information content (AvgIpc) is 3.10. The molecule has 4 N–H and O–H groups in total. The number of aromatic nitrogens is 4. The smallest absolute Gasteiger partial charge is 0.167 e. The molecule has 4 atom stereocenters. The van der Waals surface area contributed by atoms with Gasteiger partial charge in [-0.25, -0.2) is 15.0 Å². The number of fused-ring (bicyclic) bond motifs is 2. The third-order valence-corrected chi connectivity index (χ3v) is 4.02. The number of nitrogens with zero attached hydrogens (tertiary/aromatic N) is 4. The number of ether oxygens (including phenoxy) is 3. The lowest BCUT2D eigenvalue weighted by atomic mass is 10.1. The molecule has 22 heavy (non-hydrogen) atoms. The molecule has 2 aromatic rings. The maximum atomic E-state index is 6.01. The van der Waals surface area contributed by atoms with Gasteiger partial charge in [-0.05, 0) is 13.8 Å². The van der Waals surface area contributed by atoms with Crippen LogP contribution < -0.4 is 11.5 Å². The van der Waals surface area contributed by atoms with E-state index in [1.54, 1.807) is 10.9 Å². The molecule has 1 unspecified atom stereocenters. The zero-order valence-electron chi connectivity index (χ0n) is 12.3. The first-order valence-corrected chi connectivity index (χ1v) is 7.14. The minimum atomic E-state index is -0.671. The van der Waals surface area contributed by atoms with Crippen molar-refractivity contribution in [2.45, 2.75) is 44.2 Å². The second kappa shape index (κ2) is 4.59. The van der Waals surface area contributed by atoms with Crippen molar-refractivity contribution in [2.24, 2.45) is 5.73 Å². The van der Waals surface area contributed by atoms with Crippen LogP contribution in [-0.4, -0.2) is 50.2 Å². The highest BCUT2D eigenvalue weighted by Crippen LogP contribution is 2.43. The highest BCUT2D eigenvalue weighted by atomic mass is 16.8. The molecular weight excluding hydrogens is 288 g/mol. The van der Waals surface area contributed by atoms with Crippen molar-refractivity contribution in [2.75, 3.05) is 12.3 Å². The molecule has 0 saturated carbocycles. The number of hydrogen-bond donors (Lipinski definition) is 2. The first-order chi connectivity index (χ1) is 10.5. The van der Waals surface area contributed by atoms with Crippen molar-refractivity contribution < 1.29 is 14.2 Å². The van der Waals surface area contributed by atoms with E-state index in [-0.39, 0.29) is 18.3 Å². The van der Waals surface area contributed by atoms with Gasteiger partial charge in [0, 0.05) is 6.54 Å². The van der Waals surface area contributed by atoms with Gasteiger partial charge >= 0.3 is 0 Å². The van der Waals surface area contributed by atoms with E-state index in [1.165, 1.54) is 6.33 Å². The van der Waals surface area contributed by atoms with Crippen LogP contribution in [0.3, 0.4) is 0 Å². The Morgan fingerprint density at radius 2 is 2.00 bits per heavy atom. The van der Waals surface area contributed by atoms with Crippen LogP contribution in [0.2, 0.25) is 0 Å². The fourth-order valence-corrected chi connectivity index (χ4v) is 3.13. The molecule has 2 fully saturated rings. The number of anilines is 1. The van der Waals surface area contributed by atoms with Gasteiger partial charge in [0.15, 0.2) is 23.5 Å². The summed E-state index contributed by atoms with van der Waals surface area (Å²) in [6, 6.07) is 0. The molecule has 0 bridgehead atoms. The lowest BCUT2D eigenvalue weighted by molar-refractivity contribution is -0.195. The standard InChI is InChI=1S/C13H18N6O3/c1-13(2)21-8-6(3-14)20-12(9(8)22-13)19-5-18-7-10(15)16-4-17-11(7)19/h4-6,8-9,12H,3,14H2,1-2H3,(H2,15,16,17)/t6-,8-,9-,12?/m1/s1. The van der Waals surface area contributed by atoms with Crippen LogP contribution in [-0.2, 0) is 14.2 Å². The Balaban J connectivity index is 1.77. The van der Waals surface area contributed by atoms with Gasteiger partial charge in [0.05, 0.1) is 6.33 Å². The Labute approximate surface area is 126 Å². The maximum Gasteiger partial charge on any atom is 0.167 e. The summed E-state index contributed by atoms with van der Waals surface area (Å²) < 4.78 is 19.7. The number of nitrogen functional groups attached to an aromatic ring is 1. The van der Waals surface area contributed by atoms with E-state index < -0.39 is 12.0 Å². The van der Waals surface area contributed by atoms with Gasteiger partial charge in [-0.3, -0.25) is 4.57 Å². The topological polar surface area (TPSA) is 123 Å². The maximum absolute atomic E-state index is 6.01. The predicted molar refractivity (Wildman–Crippen MR) is 76.5 cm³/mol. The number of hydrogen-bond acceptors (Lipinski definition) is 8. The summed E-state index contributed by atoms with van der Waals surface area (Å²) in [5.41, 5.74) is 12.8. The zero-order chi connectivity index (χ0) is 15.5. The second-order valence-corrected chi connectivity index (χ2v) is 5.95. The molecule has 2 saturated heterocycles. The fourth-order valence-electron chi connectivity index (χ4n) is 3.13. The fraction of sp³-hybridized carbons (Fsp3) is 0.615. The highest BCUT2D eigenvalue weighted by Gasteiger charge is 2.55. The van der Waals surface area contributed by atoms with Crippen molar-refractivity contribution in [3.05, 3.63) is 12.7 Å². The molecule has 0 spiro atoms. The Morgan fingerprint density at radius 3 is 2.77 bits per heavy atom. The van der Waals surface area contributed by atoms with E-state index in [1.807, 2.05) is 13.8 Å². The van der Waals surface area contributed by atoms with Crippen molar-refractivity contribution in [1.29, 1.82) is 0 Å². The lowest BCUT2D eigenvalue weighted by Gasteiger charge is -2.24. The van der Waals surface area contributed by atoms with E-state index in [9.17, 15) is 0 Å². The molecule has 2 aliphatic rings. The SMILES string of the molecule is CC1(C)O[C@@H]2[C@@H](CN)OC(n3cnc4c(N)ncnc43)[C@@H]2O1. The molecule has 0 aromatic carbocycles. The summed E-state index contributed by atoms with van der Waals surface area (Å²) in [4.78, 5) is 12.5. The predicted octanol–water partition coefficient (Wildman–Crippen LogP) is -0.215. The molecule has 0 amide bonds. The van der Waals surface area contributed by atoms with E-state index in [4.69, 9.17) is 25.7 Å². The van der Waals surface area contributed by atoms with E-state index in [2.05, 4.69) is 15.0 Å². The Morgan fingerprint density at radius 1 is 1.23 bits per heavy atom. The van der Waals surface area contributed by atoms with Crippen molar-refractivity contribution >= 4 is 17.0 Å². The molecule has 2 aromatic heterocycles. The molecule has 4 rings (SSSR count). The molecular formula is C13H18N6O3. The summed E-state index contributed by atoms with van der Waals surface area (Å²) >= 11 is 0. The summed E-state index contributed by atoms with van der Waals surface area (Å²) in [5.74, 6) is -0.340. The normalized spacial score (nSPS) is 33.4. The quantitative estimate of drug-likeness (QED) is 0.781. The van der Waals surface area contributed by atoms with Crippen molar-refractivity contribution in [3.63, 3.8) is 0 Å².